The second-order valence-corrected chi connectivity index (χ2v) is 3.12. The van der Waals surface area contributed by atoms with Gasteiger partial charge in [-0.15, -0.1) is 0 Å². The van der Waals surface area contributed by atoms with Crippen LogP contribution in [0.3, 0.4) is 0 Å². The van der Waals surface area contributed by atoms with Crippen LogP contribution < -0.4 is 0 Å². The van der Waals surface area contributed by atoms with Crippen molar-refractivity contribution in [3.05, 3.63) is 0 Å². The molecule has 0 aromatic carbocycles. The molecule has 0 rings (SSSR count). The molecule has 0 heterocycles. The van der Waals surface area contributed by atoms with E-state index in [4.69, 9.17) is 9.47 Å². The van der Waals surface area contributed by atoms with Gasteiger partial charge in [-0.25, -0.2) is 0 Å². The lowest BCUT2D eigenvalue weighted by atomic mass is 10.3. The SMILES string of the molecule is CC(=O)CC(=O)OC(C)OC(C)C. The van der Waals surface area contributed by atoms with Crippen molar-refractivity contribution in [1.29, 1.82) is 0 Å². The van der Waals surface area contributed by atoms with Crippen LogP contribution in [0.1, 0.15) is 34.1 Å². The molecule has 0 aromatic rings. The van der Waals surface area contributed by atoms with E-state index in [9.17, 15) is 9.59 Å². The van der Waals surface area contributed by atoms with Gasteiger partial charge in [-0.3, -0.25) is 9.59 Å². The first-order valence-electron chi connectivity index (χ1n) is 4.26. The fourth-order valence-corrected chi connectivity index (χ4v) is 0.841. The monoisotopic (exact) mass is 188 g/mol. The van der Waals surface area contributed by atoms with Crippen LogP contribution in [-0.2, 0) is 19.1 Å². The Morgan fingerprint density at radius 1 is 1.23 bits per heavy atom. The van der Waals surface area contributed by atoms with Gasteiger partial charge >= 0.3 is 5.97 Å². The van der Waals surface area contributed by atoms with E-state index < -0.39 is 12.3 Å². The van der Waals surface area contributed by atoms with Gasteiger partial charge < -0.3 is 9.47 Å². The van der Waals surface area contributed by atoms with Gasteiger partial charge in [-0.2, -0.15) is 0 Å². The Balaban J connectivity index is 3.71. The zero-order chi connectivity index (χ0) is 10.4. The minimum absolute atomic E-state index is 0.000119. The molecule has 0 aliphatic heterocycles. The van der Waals surface area contributed by atoms with Gasteiger partial charge in [0.15, 0.2) is 6.29 Å². The van der Waals surface area contributed by atoms with Crippen molar-refractivity contribution < 1.29 is 19.1 Å². The van der Waals surface area contributed by atoms with Crippen LogP contribution in [0.2, 0.25) is 0 Å². The third kappa shape index (κ3) is 7.46. The van der Waals surface area contributed by atoms with Gasteiger partial charge in [0.05, 0.1) is 6.10 Å². The van der Waals surface area contributed by atoms with E-state index in [1.165, 1.54) is 6.92 Å². The number of hydrogen-bond donors (Lipinski definition) is 0. The average molecular weight is 188 g/mol. The molecule has 0 fully saturated rings. The molecule has 76 valence electrons. The molecule has 1 atom stereocenters. The molecule has 0 aromatic heterocycles. The summed E-state index contributed by atoms with van der Waals surface area (Å²) >= 11 is 0. The molecule has 13 heavy (non-hydrogen) atoms. The van der Waals surface area contributed by atoms with Crippen LogP contribution in [0.25, 0.3) is 0 Å². The number of rotatable bonds is 5. The summed E-state index contributed by atoms with van der Waals surface area (Å²) in [5.41, 5.74) is 0. The summed E-state index contributed by atoms with van der Waals surface area (Å²) < 4.78 is 9.94. The van der Waals surface area contributed by atoms with Crippen molar-refractivity contribution in [2.45, 2.75) is 46.5 Å². The molecule has 0 N–H and O–H groups in total. The predicted molar refractivity (Wildman–Crippen MR) is 47.1 cm³/mol. The van der Waals surface area contributed by atoms with Crippen molar-refractivity contribution in [2.24, 2.45) is 0 Å². The highest BCUT2D eigenvalue weighted by molar-refractivity contribution is 5.94. The summed E-state index contributed by atoms with van der Waals surface area (Å²) in [7, 11) is 0. The Morgan fingerprint density at radius 2 is 1.77 bits per heavy atom. The maximum Gasteiger partial charge on any atom is 0.315 e. The summed E-state index contributed by atoms with van der Waals surface area (Å²) in [5, 5.41) is 0. The Morgan fingerprint density at radius 3 is 2.15 bits per heavy atom. The predicted octanol–water partition coefficient (Wildman–Crippen LogP) is 1.28. The second-order valence-electron chi connectivity index (χ2n) is 3.12. The number of carbonyl (C=O) groups is 2. The number of carbonyl (C=O) groups excluding carboxylic acids is 2. The number of ether oxygens (including phenoxy) is 2. The largest absolute Gasteiger partial charge is 0.436 e. The first-order chi connectivity index (χ1) is 5.91. The Kier molecular flexibility index (Phi) is 5.30. The van der Waals surface area contributed by atoms with Crippen molar-refractivity contribution in [3.63, 3.8) is 0 Å². The van der Waals surface area contributed by atoms with E-state index in [-0.39, 0.29) is 18.3 Å². The lowest BCUT2D eigenvalue weighted by molar-refractivity contribution is -0.181. The first kappa shape index (κ1) is 12.1. The van der Waals surface area contributed by atoms with Crippen LogP contribution in [0, 0.1) is 0 Å². The molecule has 4 heteroatoms. The normalized spacial score (nSPS) is 12.7. The highest BCUT2D eigenvalue weighted by Gasteiger charge is 2.12. The minimum Gasteiger partial charge on any atom is -0.436 e. The molecule has 4 nitrogen and oxygen atoms in total. The average Bonchev–Trinajstić information content (AvgIpc) is 1.80. The number of esters is 1. The van der Waals surface area contributed by atoms with E-state index in [2.05, 4.69) is 0 Å². The van der Waals surface area contributed by atoms with E-state index in [1.54, 1.807) is 6.92 Å². The third-order valence-corrected chi connectivity index (χ3v) is 1.15. The Labute approximate surface area is 78.2 Å². The van der Waals surface area contributed by atoms with Gasteiger partial charge in [0, 0.05) is 0 Å². The topological polar surface area (TPSA) is 52.6 Å². The van der Waals surface area contributed by atoms with Gasteiger partial charge in [-0.05, 0) is 27.7 Å². The van der Waals surface area contributed by atoms with Crippen LogP contribution in [0.5, 0.6) is 0 Å². The maximum atomic E-state index is 10.9. The number of hydrogen-bond acceptors (Lipinski definition) is 4. The van der Waals surface area contributed by atoms with E-state index in [1.807, 2.05) is 13.8 Å². The van der Waals surface area contributed by atoms with Gasteiger partial charge in [-0.1, -0.05) is 0 Å². The van der Waals surface area contributed by atoms with E-state index >= 15 is 0 Å². The molecule has 0 spiro atoms. The third-order valence-electron chi connectivity index (χ3n) is 1.15. The summed E-state index contributed by atoms with van der Waals surface area (Å²) in [5.74, 6) is -0.748. The fourth-order valence-electron chi connectivity index (χ4n) is 0.841. The van der Waals surface area contributed by atoms with Crippen molar-refractivity contribution in [3.8, 4) is 0 Å². The van der Waals surface area contributed by atoms with Crippen LogP contribution in [0.4, 0.5) is 0 Å². The lowest BCUT2D eigenvalue weighted by Gasteiger charge is -2.15. The van der Waals surface area contributed by atoms with Crippen molar-refractivity contribution in [1.82, 2.24) is 0 Å². The standard InChI is InChI=1S/C9H16O4/c1-6(2)12-8(4)13-9(11)5-7(3)10/h6,8H,5H2,1-4H3. The highest BCUT2D eigenvalue weighted by Crippen LogP contribution is 2.00. The molecule has 0 aliphatic rings. The Bertz CT molecular complexity index is 186. The molecule has 0 bridgehead atoms. The lowest BCUT2D eigenvalue weighted by Crippen LogP contribution is -2.22. The van der Waals surface area contributed by atoms with Crippen LogP contribution >= 0.6 is 0 Å². The maximum absolute atomic E-state index is 10.9. The minimum atomic E-state index is -0.591. The molecule has 0 amide bonds. The van der Waals surface area contributed by atoms with Crippen LogP contribution in [-0.4, -0.2) is 24.1 Å². The number of ketones is 1. The molecule has 0 saturated heterocycles. The second kappa shape index (κ2) is 5.70. The summed E-state index contributed by atoms with van der Waals surface area (Å²) in [4.78, 5) is 21.4. The zero-order valence-electron chi connectivity index (χ0n) is 8.49. The van der Waals surface area contributed by atoms with Gasteiger partial charge in [0.1, 0.15) is 12.2 Å². The molecule has 1 unspecified atom stereocenters. The van der Waals surface area contributed by atoms with E-state index in [0.717, 1.165) is 0 Å². The Hall–Kier alpha value is -0.900. The first-order valence-corrected chi connectivity index (χ1v) is 4.26. The van der Waals surface area contributed by atoms with Crippen molar-refractivity contribution >= 4 is 11.8 Å². The van der Waals surface area contributed by atoms with Crippen LogP contribution in [0.15, 0.2) is 0 Å². The molecular weight excluding hydrogens is 172 g/mol. The fraction of sp³-hybridized carbons (Fsp3) is 0.778. The van der Waals surface area contributed by atoms with Gasteiger partial charge in [0.25, 0.3) is 0 Å². The molecule has 0 saturated carbocycles. The summed E-state index contributed by atoms with van der Waals surface area (Å²) in [6.45, 7) is 6.65. The summed E-state index contributed by atoms with van der Waals surface area (Å²) in [6.07, 6.45) is -0.779. The quantitative estimate of drug-likeness (QED) is 0.370. The molecule has 0 radical (unpaired) electrons. The molecule has 0 aliphatic carbocycles. The van der Waals surface area contributed by atoms with E-state index in [0.29, 0.717) is 0 Å². The zero-order valence-corrected chi connectivity index (χ0v) is 8.49. The smallest absolute Gasteiger partial charge is 0.315 e. The van der Waals surface area contributed by atoms with Gasteiger partial charge in [0.2, 0.25) is 0 Å². The summed E-state index contributed by atoms with van der Waals surface area (Å²) in [6, 6.07) is 0. The molecular formula is C9H16O4. The van der Waals surface area contributed by atoms with Crippen molar-refractivity contribution in [2.75, 3.05) is 0 Å². The number of Topliss-reactive ketones (excluding diaryl/α,β-unsaturated/α-hetero) is 1. The highest BCUT2D eigenvalue weighted by atomic mass is 16.7.